The first-order chi connectivity index (χ1) is 9.19. The lowest BCUT2D eigenvalue weighted by Gasteiger charge is -2.06. The fourth-order valence-electron chi connectivity index (χ4n) is 1.31. The van der Waals surface area contributed by atoms with Crippen molar-refractivity contribution >= 4 is 23.4 Å². The van der Waals surface area contributed by atoms with Gasteiger partial charge in [-0.1, -0.05) is 0 Å². The molecule has 0 aliphatic carbocycles. The maximum atomic E-state index is 11.7. The second kappa shape index (κ2) is 5.63. The van der Waals surface area contributed by atoms with E-state index >= 15 is 0 Å². The fraction of sp³-hybridized carbons (Fsp3) is 0.0909. The molecule has 98 valence electrons. The number of aromatic nitrogens is 3. The molecule has 2 aromatic rings. The zero-order valence-electron chi connectivity index (χ0n) is 10.0. The first-order valence-corrected chi connectivity index (χ1v) is 5.31. The van der Waals surface area contributed by atoms with Crippen LogP contribution in [0.4, 0.5) is 16.2 Å². The molecule has 2 rings (SSSR count). The second-order valence-electron chi connectivity index (χ2n) is 3.50. The Morgan fingerprint density at radius 3 is 2.32 bits per heavy atom. The van der Waals surface area contributed by atoms with Gasteiger partial charge in [0.15, 0.2) is 5.69 Å². The third-order valence-electron chi connectivity index (χ3n) is 2.22. The predicted molar refractivity (Wildman–Crippen MR) is 66.8 cm³/mol. The summed E-state index contributed by atoms with van der Waals surface area (Å²) in [5.74, 6) is -0.373. The molecule has 0 unspecified atom stereocenters. The number of carbonyl (C=O) groups excluding carboxylic acids is 2. The van der Waals surface area contributed by atoms with Gasteiger partial charge in [-0.15, -0.1) is 0 Å². The molecular formula is C11H11N5O3. The van der Waals surface area contributed by atoms with E-state index in [4.69, 9.17) is 0 Å². The van der Waals surface area contributed by atoms with Crippen LogP contribution in [-0.4, -0.2) is 34.5 Å². The zero-order valence-corrected chi connectivity index (χ0v) is 10.0. The van der Waals surface area contributed by atoms with Gasteiger partial charge in [0.2, 0.25) is 0 Å². The van der Waals surface area contributed by atoms with Gasteiger partial charge >= 0.3 is 6.09 Å². The number of rotatable bonds is 3. The molecule has 2 amide bonds. The smallest absolute Gasteiger partial charge is 0.411 e. The van der Waals surface area contributed by atoms with Crippen LogP contribution in [-0.2, 0) is 4.74 Å². The molecule has 0 atom stereocenters. The molecule has 0 radical (unpaired) electrons. The van der Waals surface area contributed by atoms with Crippen LogP contribution >= 0.6 is 0 Å². The SMILES string of the molecule is COC(=O)Nc1ccc(NC(=O)c2cn[nH]n2)cc1. The molecule has 8 heteroatoms. The highest BCUT2D eigenvalue weighted by Gasteiger charge is 2.08. The number of amides is 2. The molecule has 0 saturated heterocycles. The maximum Gasteiger partial charge on any atom is 0.411 e. The largest absolute Gasteiger partial charge is 0.453 e. The quantitative estimate of drug-likeness (QED) is 0.770. The van der Waals surface area contributed by atoms with Gasteiger partial charge in [-0.25, -0.2) is 4.79 Å². The Bertz CT molecular complexity index is 565. The molecule has 1 aromatic carbocycles. The number of aromatic amines is 1. The van der Waals surface area contributed by atoms with Crippen LogP contribution in [0.3, 0.4) is 0 Å². The third kappa shape index (κ3) is 3.28. The zero-order chi connectivity index (χ0) is 13.7. The van der Waals surface area contributed by atoms with Crippen molar-refractivity contribution in [3.63, 3.8) is 0 Å². The molecule has 1 aromatic heterocycles. The molecule has 19 heavy (non-hydrogen) atoms. The lowest BCUT2D eigenvalue weighted by molar-refractivity contribution is 0.102. The Labute approximate surface area is 108 Å². The highest BCUT2D eigenvalue weighted by atomic mass is 16.5. The summed E-state index contributed by atoms with van der Waals surface area (Å²) < 4.78 is 4.46. The molecule has 0 saturated carbocycles. The third-order valence-corrected chi connectivity index (χ3v) is 2.22. The van der Waals surface area contributed by atoms with Gasteiger partial charge in [-0.05, 0) is 24.3 Å². The maximum absolute atomic E-state index is 11.7. The van der Waals surface area contributed by atoms with Crippen LogP contribution in [0, 0.1) is 0 Å². The van der Waals surface area contributed by atoms with Crippen LogP contribution in [0.15, 0.2) is 30.5 Å². The van der Waals surface area contributed by atoms with E-state index in [0.717, 1.165) is 0 Å². The van der Waals surface area contributed by atoms with Gasteiger partial charge in [0, 0.05) is 11.4 Å². The molecule has 3 N–H and O–H groups in total. The molecule has 0 aliphatic heterocycles. The van der Waals surface area contributed by atoms with Crippen molar-refractivity contribution in [3.05, 3.63) is 36.2 Å². The Balaban J connectivity index is 1.99. The van der Waals surface area contributed by atoms with Crippen molar-refractivity contribution in [1.29, 1.82) is 0 Å². The number of hydrogen-bond acceptors (Lipinski definition) is 5. The van der Waals surface area contributed by atoms with E-state index in [1.807, 2.05) is 0 Å². The number of nitrogens with one attached hydrogen (secondary N) is 3. The Kier molecular flexibility index (Phi) is 3.72. The molecule has 0 fully saturated rings. The number of anilines is 2. The normalized spacial score (nSPS) is 9.74. The molecule has 0 spiro atoms. The van der Waals surface area contributed by atoms with E-state index in [2.05, 4.69) is 30.8 Å². The van der Waals surface area contributed by atoms with Crippen molar-refractivity contribution in [2.24, 2.45) is 0 Å². The van der Waals surface area contributed by atoms with Gasteiger partial charge in [-0.2, -0.15) is 15.4 Å². The van der Waals surface area contributed by atoms with Crippen molar-refractivity contribution in [1.82, 2.24) is 15.4 Å². The summed E-state index contributed by atoms with van der Waals surface area (Å²) in [6, 6.07) is 6.55. The first-order valence-electron chi connectivity index (χ1n) is 5.31. The fourth-order valence-corrected chi connectivity index (χ4v) is 1.31. The lowest BCUT2D eigenvalue weighted by Crippen LogP contribution is -2.13. The van der Waals surface area contributed by atoms with Crippen LogP contribution in [0.5, 0.6) is 0 Å². The topological polar surface area (TPSA) is 109 Å². The number of ether oxygens (including phenoxy) is 1. The van der Waals surface area contributed by atoms with Crippen LogP contribution in [0.1, 0.15) is 10.5 Å². The number of carbonyl (C=O) groups is 2. The van der Waals surface area contributed by atoms with Crippen molar-refractivity contribution in [2.45, 2.75) is 0 Å². The van der Waals surface area contributed by atoms with E-state index in [9.17, 15) is 9.59 Å². The minimum Gasteiger partial charge on any atom is -0.453 e. The summed E-state index contributed by atoms with van der Waals surface area (Å²) in [7, 11) is 1.28. The van der Waals surface area contributed by atoms with Gasteiger partial charge in [0.1, 0.15) is 0 Å². The highest BCUT2D eigenvalue weighted by molar-refractivity contribution is 6.02. The highest BCUT2D eigenvalue weighted by Crippen LogP contribution is 2.14. The Morgan fingerprint density at radius 1 is 1.16 bits per heavy atom. The van der Waals surface area contributed by atoms with Gasteiger partial charge < -0.3 is 10.1 Å². The van der Waals surface area contributed by atoms with E-state index in [1.165, 1.54) is 13.3 Å². The number of benzene rings is 1. The molecular weight excluding hydrogens is 250 g/mol. The Hall–Kier alpha value is -2.90. The summed E-state index contributed by atoms with van der Waals surface area (Å²) in [5.41, 5.74) is 1.33. The minimum atomic E-state index is -0.556. The van der Waals surface area contributed by atoms with Gasteiger partial charge in [-0.3, -0.25) is 10.1 Å². The second-order valence-corrected chi connectivity index (χ2v) is 3.50. The molecule has 0 aliphatic rings. The van der Waals surface area contributed by atoms with E-state index in [-0.39, 0.29) is 11.6 Å². The summed E-state index contributed by atoms with van der Waals surface area (Å²) in [6.45, 7) is 0. The van der Waals surface area contributed by atoms with Crippen molar-refractivity contribution in [2.75, 3.05) is 17.7 Å². The van der Waals surface area contributed by atoms with Gasteiger partial charge in [0.25, 0.3) is 5.91 Å². The Morgan fingerprint density at radius 2 is 1.79 bits per heavy atom. The summed E-state index contributed by atoms with van der Waals surface area (Å²) in [4.78, 5) is 22.6. The molecule has 0 bridgehead atoms. The first kappa shape index (κ1) is 12.6. The number of methoxy groups -OCH3 is 1. The number of nitrogens with zero attached hydrogens (tertiary/aromatic N) is 2. The predicted octanol–water partition coefficient (Wildman–Crippen LogP) is 1.24. The average molecular weight is 261 g/mol. The molecule has 8 nitrogen and oxygen atoms in total. The van der Waals surface area contributed by atoms with Crippen molar-refractivity contribution in [3.8, 4) is 0 Å². The van der Waals surface area contributed by atoms with E-state index in [1.54, 1.807) is 24.3 Å². The van der Waals surface area contributed by atoms with Crippen molar-refractivity contribution < 1.29 is 14.3 Å². The van der Waals surface area contributed by atoms with Crippen LogP contribution < -0.4 is 10.6 Å². The standard InChI is InChI=1S/C11H11N5O3/c1-19-11(18)14-8-4-2-7(3-5-8)13-10(17)9-6-12-16-15-9/h2-6H,1H3,(H,13,17)(H,14,18)(H,12,15,16). The number of H-pyrrole nitrogens is 1. The van der Waals surface area contributed by atoms with Crippen LogP contribution in [0.2, 0.25) is 0 Å². The van der Waals surface area contributed by atoms with Gasteiger partial charge in [0.05, 0.1) is 13.3 Å². The lowest BCUT2D eigenvalue weighted by atomic mass is 10.2. The summed E-state index contributed by atoms with van der Waals surface area (Å²) in [5, 5.41) is 14.7. The van der Waals surface area contributed by atoms with Crippen LogP contribution in [0.25, 0.3) is 0 Å². The monoisotopic (exact) mass is 261 g/mol. The number of hydrogen-bond donors (Lipinski definition) is 3. The summed E-state index contributed by atoms with van der Waals surface area (Å²) >= 11 is 0. The van der Waals surface area contributed by atoms with E-state index < -0.39 is 6.09 Å². The molecule has 1 heterocycles. The summed E-state index contributed by atoms with van der Waals surface area (Å²) in [6.07, 6.45) is 0.766. The van der Waals surface area contributed by atoms with E-state index in [0.29, 0.717) is 11.4 Å². The minimum absolute atomic E-state index is 0.191. The average Bonchev–Trinajstić information content (AvgIpc) is 2.95.